The molecule has 0 radical (unpaired) electrons. The lowest BCUT2D eigenvalue weighted by Gasteiger charge is -2.30. The largest absolute Gasteiger partial charge is 0.488 e. The van der Waals surface area contributed by atoms with Crippen molar-refractivity contribution in [1.29, 1.82) is 5.26 Å². The lowest BCUT2D eigenvalue weighted by molar-refractivity contribution is 0.0924. The summed E-state index contributed by atoms with van der Waals surface area (Å²) >= 11 is 0. The van der Waals surface area contributed by atoms with Gasteiger partial charge < -0.3 is 14.4 Å². The van der Waals surface area contributed by atoms with Crippen molar-refractivity contribution < 1.29 is 9.47 Å². The predicted octanol–water partition coefficient (Wildman–Crippen LogP) is 4.24. The highest BCUT2D eigenvalue weighted by atomic mass is 28.3. The minimum Gasteiger partial charge on any atom is -0.488 e. The van der Waals surface area contributed by atoms with E-state index in [-0.39, 0.29) is 6.10 Å². The third-order valence-electron chi connectivity index (χ3n) is 5.80. The smallest absolute Gasteiger partial charge is 0.146 e. The molecule has 0 aromatic carbocycles. The minimum atomic E-state index is -1.16. The molecule has 8 heteroatoms. The molecule has 1 aliphatic rings. The van der Waals surface area contributed by atoms with Crippen LogP contribution in [-0.4, -0.2) is 60.4 Å². The number of aromatic nitrogens is 3. The van der Waals surface area contributed by atoms with Crippen molar-refractivity contribution in [3.63, 3.8) is 0 Å². The maximum absolute atomic E-state index is 9.39. The van der Waals surface area contributed by atoms with Crippen molar-refractivity contribution in [3.8, 4) is 11.8 Å². The van der Waals surface area contributed by atoms with Crippen LogP contribution in [0.4, 0.5) is 0 Å². The van der Waals surface area contributed by atoms with Crippen LogP contribution in [0.1, 0.15) is 18.5 Å². The summed E-state index contributed by atoms with van der Waals surface area (Å²) in [5, 5.41) is 11.3. The number of piperidine rings is 1. The van der Waals surface area contributed by atoms with E-state index in [2.05, 4.69) is 47.6 Å². The molecule has 7 nitrogen and oxygen atoms in total. The van der Waals surface area contributed by atoms with Gasteiger partial charge in [0.05, 0.1) is 17.1 Å². The summed E-state index contributed by atoms with van der Waals surface area (Å²) in [5.41, 5.74) is 2.10. The van der Waals surface area contributed by atoms with Gasteiger partial charge in [-0.05, 0) is 44.6 Å². The summed E-state index contributed by atoms with van der Waals surface area (Å²) in [6, 6.07) is 7.02. The maximum Gasteiger partial charge on any atom is 0.146 e. The number of hydrogen-bond donors (Lipinski definition) is 0. The van der Waals surface area contributed by atoms with Crippen LogP contribution in [0.5, 0.6) is 5.75 Å². The van der Waals surface area contributed by atoms with Gasteiger partial charge in [-0.25, -0.2) is 9.97 Å². The molecule has 1 fully saturated rings. The molecular weight excluding hydrogens is 406 g/mol. The average molecular weight is 438 g/mol. The number of likely N-dealkylation sites (N-methyl/N-ethyl adjacent to an activating group) is 1. The highest BCUT2D eigenvalue weighted by Gasteiger charge is 2.22. The van der Waals surface area contributed by atoms with E-state index >= 15 is 0 Å². The number of nitrogens with zero attached hydrogens (tertiary/aromatic N) is 5. The van der Waals surface area contributed by atoms with Gasteiger partial charge in [-0.2, -0.15) is 5.26 Å². The molecule has 0 aliphatic carbocycles. The molecule has 1 unspecified atom stereocenters. The number of pyridine rings is 2. The molecule has 0 N–H and O–H groups in total. The fourth-order valence-corrected chi connectivity index (χ4v) is 4.84. The van der Waals surface area contributed by atoms with Crippen molar-refractivity contribution in [2.24, 2.45) is 0 Å². The van der Waals surface area contributed by atoms with Crippen molar-refractivity contribution in [1.82, 2.24) is 19.4 Å². The van der Waals surface area contributed by atoms with Crippen LogP contribution >= 0.6 is 0 Å². The number of rotatable bonds is 7. The number of ether oxygens (including phenoxy) is 2. The monoisotopic (exact) mass is 437 g/mol. The van der Waals surface area contributed by atoms with Crippen molar-refractivity contribution in [2.45, 2.75) is 51.4 Å². The fraction of sp³-hybridized carbons (Fsp3) is 0.522. The molecule has 1 aliphatic heterocycles. The standard InChI is InChI=1S/C23H31N5O2Si/c1-27-9-5-6-18(15-27)30-21-7-8-25-23-22(21)19-12-17(13-24)26-14-20(19)28(23)16-29-10-11-31(2,3)4/h7-8,12,14,18H,5-6,9-11,15-16H2,1-4H3. The zero-order valence-corrected chi connectivity index (χ0v) is 19.9. The Balaban J connectivity index is 1.72. The fourth-order valence-electron chi connectivity index (χ4n) is 4.09. The summed E-state index contributed by atoms with van der Waals surface area (Å²) in [5.74, 6) is 0.811. The number of nitriles is 1. The summed E-state index contributed by atoms with van der Waals surface area (Å²) in [4.78, 5) is 11.3. The van der Waals surface area contributed by atoms with Crippen molar-refractivity contribution >= 4 is 30.0 Å². The Kier molecular flexibility index (Phi) is 6.28. The molecule has 31 heavy (non-hydrogen) atoms. The SMILES string of the molecule is CN1CCCC(Oc2ccnc3c2c2cc(C#N)ncc2n3COCC[Si](C)(C)C)C1. The van der Waals surface area contributed by atoms with Gasteiger partial charge in [-0.1, -0.05) is 19.6 Å². The van der Waals surface area contributed by atoms with Gasteiger partial charge in [-0.3, -0.25) is 4.57 Å². The maximum atomic E-state index is 9.39. The third kappa shape index (κ3) is 4.90. The Hall–Kier alpha value is -2.47. The molecule has 3 aromatic rings. The Morgan fingerprint density at radius 3 is 2.87 bits per heavy atom. The van der Waals surface area contributed by atoms with E-state index in [1.807, 2.05) is 16.7 Å². The molecule has 4 heterocycles. The normalized spacial score (nSPS) is 17.8. The molecule has 0 amide bonds. The molecule has 3 aromatic heterocycles. The Morgan fingerprint density at radius 1 is 1.29 bits per heavy atom. The van der Waals surface area contributed by atoms with Crippen LogP contribution in [0.3, 0.4) is 0 Å². The molecule has 0 saturated carbocycles. The highest BCUT2D eigenvalue weighted by Crippen LogP contribution is 2.35. The Labute approximate surface area is 184 Å². The van der Waals surface area contributed by atoms with Crippen LogP contribution in [0.25, 0.3) is 21.9 Å². The summed E-state index contributed by atoms with van der Waals surface area (Å²) in [7, 11) is 0.970. The quantitative estimate of drug-likeness (QED) is 0.406. The Bertz CT molecular complexity index is 1120. The zero-order valence-electron chi connectivity index (χ0n) is 18.9. The molecule has 164 valence electrons. The van der Waals surface area contributed by atoms with Crippen molar-refractivity contribution in [2.75, 3.05) is 26.7 Å². The lowest BCUT2D eigenvalue weighted by Crippen LogP contribution is -2.38. The zero-order chi connectivity index (χ0) is 22.0. The van der Waals surface area contributed by atoms with E-state index in [0.717, 1.165) is 66.3 Å². The first-order chi connectivity index (χ1) is 14.9. The second-order valence-electron chi connectivity index (χ2n) is 9.63. The van der Waals surface area contributed by atoms with Gasteiger partial charge in [0.2, 0.25) is 0 Å². The molecule has 4 rings (SSSR count). The second kappa shape index (κ2) is 8.95. The molecule has 0 bridgehead atoms. The summed E-state index contributed by atoms with van der Waals surface area (Å²) in [6.45, 7) is 10.2. The van der Waals surface area contributed by atoms with Crippen LogP contribution < -0.4 is 4.74 Å². The average Bonchev–Trinajstić information content (AvgIpc) is 3.04. The minimum absolute atomic E-state index is 0.146. The van der Waals surface area contributed by atoms with Gasteiger partial charge >= 0.3 is 0 Å². The van der Waals surface area contributed by atoms with Gasteiger partial charge in [0, 0.05) is 32.8 Å². The highest BCUT2D eigenvalue weighted by molar-refractivity contribution is 6.76. The van der Waals surface area contributed by atoms with Gasteiger partial charge in [0.15, 0.2) is 0 Å². The molecule has 0 spiro atoms. The van der Waals surface area contributed by atoms with Crippen LogP contribution in [-0.2, 0) is 11.5 Å². The second-order valence-corrected chi connectivity index (χ2v) is 15.2. The topological polar surface area (TPSA) is 76.2 Å². The van der Waals surface area contributed by atoms with E-state index in [1.165, 1.54) is 0 Å². The lowest BCUT2D eigenvalue weighted by atomic mass is 10.1. The predicted molar refractivity (Wildman–Crippen MR) is 125 cm³/mol. The number of fused-ring (bicyclic) bond motifs is 3. The Morgan fingerprint density at radius 2 is 2.13 bits per heavy atom. The first-order valence-corrected chi connectivity index (χ1v) is 14.7. The first kappa shape index (κ1) is 21.7. The molecular formula is C23H31N5O2Si. The van der Waals surface area contributed by atoms with Crippen LogP contribution in [0.2, 0.25) is 25.7 Å². The van der Waals surface area contributed by atoms with E-state index in [0.29, 0.717) is 12.4 Å². The molecule has 1 atom stereocenters. The van der Waals surface area contributed by atoms with E-state index in [9.17, 15) is 5.26 Å². The summed E-state index contributed by atoms with van der Waals surface area (Å²) in [6.07, 6.45) is 5.85. The number of likely N-dealkylation sites (tertiary alicyclic amines) is 1. The van der Waals surface area contributed by atoms with Gasteiger partial charge in [-0.15, -0.1) is 0 Å². The number of hydrogen-bond acceptors (Lipinski definition) is 6. The van der Waals surface area contributed by atoms with Crippen LogP contribution in [0, 0.1) is 11.3 Å². The molecule has 1 saturated heterocycles. The summed E-state index contributed by atoms with van der Waals surface area (Å²) < 4.78 is 14.6. The van der Waals surface area contributed by atoms with E-state index in [4.69, 9.17) is 9.47 Å². The van der Waals surface area contributed by atoms with E-state index < -0.39 is 8.07 Å². The van der Waals surface area contributed by atoms with Gasteiger partial charge in [0.1, 0.15) is 36.0 Å². The van der Waals surface area contributed by atoms with Crippen LogP contribution in [0.15, 0.2) is 24.5 Å². The third-order valence-corrected chi connectivity index (χ3v) is 7.50. The first-order valence-electron chi connectivity index (χ1n) is 11.0. The van der Waals surface area contributed by atoms with Gasteiger partial charge in [0.25, 0.3) is 0 Å². The van der Waals surface area contributed by atoms with Crippen molar-refractivity contribution in [3.05, 3.63) is 30.2 Å². The van der Waals surface area contributed by atoms with E-state index in [1.54, 1.807) is 12.4 Å².